The maximum atomic E-state index is 3.82. The van der Waals surface area contributed by atoms with Crippen LogP contribution in [0.2, 0.25) is 0 Å². The summed E-state index contributed by atoms with van der Waals surface area (Å²) in [5.41, 5.74) is 1.14. The molecule has 0 spiro atoms. The Morgan fingerprint density at radius 1 is 1.38 bits per heavy atom. The van der Waals surface area contributed by atoms with E-state index in [1.807, 2.05) is 18.3 Å². The Morgan fingerprint density at radius 3 is 3.08 bits per heavy atom. The normalized spacial score (nSPS) is 10.5. The molecule has 0 aromatic carbocycles. The third-order valence-electron chi connectivity index (χ3n) is 1.65. The van der Waals surface area contributed by atoms with E-state index in [1.165, 1.54) is 0 Å². The minimum Gasteiger partial charge on any atom is -0.364 e. The summed E-state index contributed by atoms with van der Waals surface area (Å²) >= 11 is 0. The second kappa shape index (κ2) is 3.81. The van der Waals surface area contributed by atoms with Crippen molar-refractivity contribution in [1.29, 1.82) is 0 Å². The van der Waals surface area contributed by atoms with E-state index in [2.05, 4.69) is 30.9 Å². The second-order valence-corrected chi connectivity index (χ2v) is 2.63. The summed E-state index contributed by atoms with van der Waals surface area (Å²) in [5.74, 6) is 0.673. The summed E-state index contributed by atoms with van der Waals surface area (Å²) in [4.78, 5) is 3.09. The highest BCUT2D eigenvalue weighted by Crippen LogP contribution is 1.93. The zero-order chi connectivity index (χ0) is 8.93. The second-order valence-electron chi connectivity index (χ2n) is 2.63. The summed E-state index contributed by atoms with van der Waals surface area (Å²) in [5, 5.41) is 16.7. The van der Waals surface area contributed by atoms with E-state index >= 15 is 0 Å². The molecular formula is C7H10N6. The first-order valence-corrected chi connectivity index (χ1v) is 4.00. The molecular weight excluding hydrogens is 168 g/mol. The van der Waals surface area contributed by atoms with Crippen molar-refractivity contribution in [1.82, 2.24) is 30.9 Å². The van der Waals surface area contributed by atoms with Gasteiger partial charge in [0.15, 0.2) is 5.82 Å². The quantitative estimate of drug-likeness (QED) is 0.606. The van der Waals surface area contributed by atoms with Gasteiger partial charge in [0.25, 0.3) is 0 Å². The van der Waals surface area contributed by atoms with Crippen LogP contribution in [-0.4, -0.2) is 25.6 Å². The van der Waals surface area contributed by atoms with Crippen LogP contribution in [0.25, 0.3) is 0 Å². The van der Waals surface area contributed by atoms with Gasteiger partial charge in [-0.05, 0) is 12.1 Å². The van der Waals surface area contributed by atoms with Gasteiger partial charge in [-0.3, -0.25) is 0 Å². The van der Waals surface area contributed by atoms with E-state index in [0.29, 0.717) is 12.4 Å². The van der Waals surface area contributed by atoms with Gasteiger partial charge in [-0.15, -0.1) is 10.2 Å². The van der Waals surface area contributed by atoms with Crippen LogP contribution >= 0.6 is 0 Å². The van der Waals surface area contributed by atoms with E-state index in [-0.39, 0.29) is 0 Å². The first kappa shape index (κ1) is 7.93. The fourth-order valence-electron chi connectivity index (χ4n) is 1.04. The summed E-state index contributed by atoms with van der Waals surface area (Å²) < 4.78 is 0. The fraction of sp³-hybridized carbons (Fsp3) is 0.286. The standard InChI is InChI=1S/C7H10N6/c1-2-6(9-3-1)4-8-5-7-10-12-13-11-7/h1-3,8-9H,4-5H2,(H,10,11,12,13). The van der Waals surface area contributed by atoms with Gasteiger partial charge in [-0.25, -0.2) is 0 Å². The molecule has 6 nitrogen and oxygen atoms in total. The van der Waals surface area contributed by atoms with Crippen molar-refractivity contribution in [3.8, 4) is 0 Å². The molecule has 0 atom stereocenters. The number of nitrogens with zero attached hydrogens (tertiary/aromatic N) is 3. The molecule has 0 saturated carbocycles. The summed E-state index contributed by atoms with van der Waals surface area (Å²) in [6.45, 7) is 1.40. The number of aromatic nitrogens is 5. The molecule has 0 aliphatic carbocycles. The lowest BCUT2D eigenvalue weighted by Crippen LogP contribution is -2.13. The molecule has 0 aliphatic heterocycles. The van der Waals surface area contributed by atoms with Gasteiger partial charge >= 0.3 is 0 Å². The van der Waals surface area contributed by atoms with E-state index in [4.69, 9.17) is 0 Å². The number of tetrazole rings is 1. The van der Waals surface area contributed by atoms with E-state index in [9.17, 15) is 0 Å². The monoisotopic (exact) mass is 178 g/mol. The molecule has 2 heterocycles. The number of rotatable bonds is 4. The SMILES string of the molecule is c1c[nH]c(CNCc2nn[nH]n2)c1. The van der Waals surface area contributed by atoms with Crippen molar-refractivity contribution < 1.29 is 0 Å². The van der Waals surface area contributed by atoms with Gasteiger partial charge in [-0.1, -0.05) is 5.21 Å². The van der Waals surface area contributed by atoms with Gasteiger partial charge in [0.05, 0.1) is 6.54 Å². The van der Waals surface area contributed by atoms with Crippen LogP contribution in [0, 0.1) is 0 Å². The van der Waals surface area contributed by atoms with Gasteiger partial charge in [0.1, 0.15) is 0 Å². The molecule has 2 aromatic rings. The molecule has 0 aliphatic rings. The molecule has 2 rings (SSSR count). The summed E-state index contributed by atoms with van der Waals surface area (Å²) in [6, 6.07) is 3.98. The predicted octanol–water partition coefficient (Wildman–Crippen LogP) is -0.182. The number of hydrogen-bond donors (Lipinski definition) is 3. The highest BCUT2D eigenvalue weighted by atomic mass is 15.5. The number of H-pyrrole nitrogens is 2. The zero-order valence-electron chi connectivity index (χ0n) is 6.99. The molecule has 0 saturated heterocycles. The molecule has 0 radical (unpaired) electrons. The van der Waals surface area contributed by atoms with Gasteiger partial charge in [0, 0.05) is 18.4 Å². The molecule has 68 valence electrons. The topological polar surface area (TPSA) is 82.3 Å². The van der Waals surface area contributed by atoms with Crippen LogP contribution in [0.4, 0.5) is 0 Å². The molecule has 13 heavy (non-hydrogen) atoms. The third kappa shape index (κ3) is 2.12. The van der Waals surface area contributed by atoms with Crippen molar-refractivity contribution in [2.24, 2.45) is 0 Å². The van der Waals surface area contributed by atoms with Crippen molar-refractivity contribution >= 4 is 0 Å². The van der Waals surface area contributed by atoms with Gasteiger partial charge in [0.2, 0.25) is 0 Å². The smallest absolute Gasteiger partial charge is 0.188 e. The fourth-order valence-corrected chi connectivity index (χ4v) is 1.04. The van der Waals surface area contributed by atoms with Gasteiger partial charge < -0.3 is 10.3 Å². The summed E-state index contributed by atoms with van der Waals surface area (Å²) in [7, 11) is 0. The van der Waals surface area contributed by atoms with Crippen LogP contribution < -0.4 is 5.32 Å². The van der Waals surface area contributed by atoms with E-state index < -0.39 is 0 Å². The van der Waals surface area contributed by atoms with Crippen LogP contribution in [0.5, 0.6) is 0 Å². The molecule has 0 bridgehead atoms. The Morgan fingerprint density at radius 2 is 2.38 bits per heavy atom. The zero-order valence-corrected chi connectivity index (χ0v) is 6.99. The maximum Gasteiger partial charge on any atom is 0.188 e. The van der Waals surface area contributed by atoms with Gasteiger partial charge in [-0.2, -0.15) is 5.21 Å². The van der Waals surface area contributed by atoms with Crippen molar-refractivity contribution in [2.45, 2.75) is 13.1 Å². The van der Waals surface area contributed by atoms with Crippen LogP contribution in [0.1, 0.15) is 11.5 Å². The Hall–Kier alpha value is -1.69. The van der Waals surface area contributed by atoms with Crippen LogP contribution in [0.3, 0.4) is 0 Å². The summed E-state index contributed by atoms with van der Waals surface area (Å²) in [6.07, 6.45) is 1.89. The van der Waals surface area contributed by atoms with Crippen molar-refractivity contribution in [3.05, 3.63) is 29.8 Å². The lowest BCUT2D eigenvalue weighted by molar-refractivity contribution is 0.655. The predicted molar refractivity (Wildman–Crippen MR) is 45.5 cm³/mol. The first-order chi connectivity index (χ1) is 6.45. The molecule has 2 aromatic heterocycles. The minimum atomic E-state index is 0.621. The number of nitrogens with one attached hydrogen (secondary N) is 3. The Kier molecular flexibility index (Phi) is 2.33. The van der Waals surface area contributed by atoms with E-state index in [1.54, 1.807) is 0 Å². The number of aromatic amines is 2. The van der Waals surface area contributed by atoms with Crippen LogP contribution in [0.15, 0.2) is 18.3 Å². The van der Waals surface area contributed by atoms with Crippen molar-refractivity contribution in [3.63, 3.8) is 0 Å². The lowest BCUT2D eigenvalue weighted by Gasteiger charge is -1.97. The Balaban J connectivity index is 1.76. The molecule has 3 N–H and O–H groups in total. The first-order valence-electron chi connectivity index (χ1n) is 4.00. The highest BCUT2D eigenvalue weighted by molar-refractivity contribution is 5.02. The molecule has 0 unspecified atom stereocenters. The number of hydrogen-bond acceptors (Lipinski definition) is 4. The maximum absolute atomic E-state index is 3.82. The average molecular weight is 178 g/mol. The highest BCUT2D eigenvalue weighted by Gasteiger charge is 1.96. The average Bonchev–Trinajstić information content (AvgIpc) is 2.75. The third-order valence-corrected chi connectivity index (χ3v) is 1.65. The Bertz CT molecular complexity index is 290. The van der Waals surface area contributed by atoms with E-state index in [0.717, 1.165) is 12.2 Å². The molecule has 6 heteroatoms. The Labute approximate surface area is 74.8 Å². The molecule has 0 fully saturated rings. The molecule has 0 amide bonds. The minimum absolute atomic E-state index is 0.621. The van der Waals surface area contributed by atoms with Crippen LogP contribution in [-0.2, 0) is 13.1 Å². The van der Waals surface area contributed by atoms with Crippen molar-refractivity contribution in [2.75, 3.05) is 0 Å². The lowest BCUT2D eigenvalue weighted by atomic mass is 10.4. The largest absolute Gasteiger partial charge is 0.364 e.